The first kappa shape index (κ1) is 15.9. The maximum atomic E-state index is 13.3. The van der Waals surface area contributed by atoms with Gasteiger partial charge >= 0.3 is 0 Å². The number of nitrogens with one attached hydrogen (secondary N) is 2. The smallest absolute Gasteiger partial charge is 0.226 e. The minimum atomic E-state index is 0.0711. The molecular weight excluding hydrogens is 302 g/mol. The number of hydrogen-bond donors (Lipinski definition) is 2. The fraction of sp³-hybridized carbons (Fsp3) is 0.632. The lowest BCUT2D eigenvalue weighted by Crippen LogP contribution is -2.50. The van der Waals surface area contributed by atoms with Crippen LogP contribution >= 0.6 is 0 Å². The zero-order valence-corrected chi connectivity index (χ0v) is 14.4. The Morgan fingerprint density at radius 2 is 2.00 bits per heavy atom. The van der Waals surface area contributed by atoms with Crippen LogP contribution in [0.3, 0.4) is 0 Å². The van der Waals surface area contributed by atoms with Gasteiger partial charge in [0.1, 0.15) is 5.75 Å². The molecule has 1 spiro atoms. The van der Waals surface area contributed by atoms with E-state index >= 15 is 0 Å². The summed E-state index contributed by atoms with van der Waals surface area (Å²) >= 11 is 0. The molecule has 130 valence electrons. The summed E-state index contributed by atoms with van der Waals surface area (Å²) < 4.78 is 5.54. The van der Waals surface area contributed by atoms with Crippen molar-refractivity contribution in [3.63, 3.8) is 0 Å². The van der Waals surface area contributed by atoms with Crippen LogP contribution in [-0.2, 0) is 4.79 Å². The van der Waals surface area contributed by atoms with Crippen LogP contribution in [0.1, 0.15) is 30.9 Å². The second-order valence-corrected chi connectivity index (χ2v) is 7.36. The van der Waals surface area contributed by atoms with Crippen LogP contribution < -0.4 is 15.4 Å². The second kappa shape index (κ2) is 6.37. The minimum Gasteiger partial charge on any atom is -0.496 e. The lowest BCUT2D eigenvalue weighted by atomic mass is 9.91. The Bertz CT molecular complexity index is 612. The van der Waals surface area contributed by atoms with Gasteiger partial charge in [-0.1, -0.05) is 18.2 Å². The molecule has 0 radical (unpaired) electrons. The minimum absolute atomic E-state index is 0.0711. The lowest BCUT2D eigenvalue weighted by Gasteiger charge is -2.38. The van der Waals surface area contributed by atoms with Crippen LogP contribution in [0, 0.1) is 11.3 Å². The van der Waals surface area contributed by atoms with Crippen molar-refractivity contribution in [3.05, 3.63) is 29.8 Å². The number of benzene rings is 1. The van der Waals surface area contributed by atoms with Crippen molar-refractivity contribution < 1.29 is 9.53 Å². The van der Waals surface area contributed by atoms with E-state index in [1.165, 1.54) is 0 Å². The van der Waals surface area contributed by atoms with Crippen molar-refractivity contribution >= 4 is 5.91 Å². The predicted octanol–water partition coefficient (Wildman–Crippen LogP) is 1.56. The summed E-state index contributed by atoms with van der Waals surface area (Å²) in [5, 5.41) is 6.86. The fourth-order valence-electron chi connectivity index (χ4n) is 4.56. The van der Waals surface area contributed by atoms with E-state index in [4.69, 9.17) is 4.74 Å². The maximum absolute atomic E-state index is 13.3. The van der Waals surface area contributed by atoms with Crippen molar-refractivity contribution in [1.29, 1.82) is 0 Å². The molecular formula is C19H27N3O2. The highest BCUT2D eigenvalue weighted by molar-refractivity contribution is 5.83. The Balaban J connectivity index is 1.55. The Hall–Kier alpha value is -1.59. The number of rotatable bonds is 3. The zero-order valence-electron chi connectivity index (χ0n) is 14.4. The maximum Gasteiger partial charge on any atom is 0.226 e. The van der Waals surface area contributed by atoms with Crippen molar-refractivity contribution in [2.75, 3.05) is 39.8 Å². The van der Waals surface area contributed by atoms with E-state index in [2.05, 4.69) is 21.6 Å². The highest BCUT2D eigenvalue weighted by Crippen LogP contribution is 2.59. The molecule has 2 atom stereocenters. The number of amides is 1. The molecule has 2 heterocycles. The number of carbonyl (C=O) groups is 1. The molecule has 1 amide bonds. The topological polar surface area (TPSA) is 53.6 Å². The lowest BCUT2D eigenvalue weighted by molar-refractivity contribution is -0.137. The summed E-state index contributed by atoms with van der Waals surface area (Å²) in [5.41, 5.74) is 1.40. The third-order valence-electron chi connectivity index (χ3n) is 6.11. The van der Waals surface area contributed by atoms with Crippen LogP contribution in [0.2, 0.25) is 0 Å². The molecule has 1 aliphatic carbocycles. The SMILES string of the molecule is COc1ccccc1C1CNCCN1C(=O)C1CC12CCNCC2. The summed E-state index contributed by atoms with van der Waals surface area (Å²) in [6.07, 6.45) is 3.37. The van der Waals surface area contributed by atoms with E-state index in [1.54, 1.807) is 7.11 Å². The first-order valence-corrected chi connectivity index (χ1v) is 9.10. The molecule has 24 heavy (non-hydrogen) atoms. The zero-order chi connectivity index (χ0) is 16.6. The summed E-state index contributed by atoms with van der Waals surface area (Å²) in [7, 11) is 1.70. The molecule has 1 aromatic carbocycles. The molecule has 0 aromatic heterocycles. The molecule has 2 aliphatic heterocycles. The van der Waals surface area contributed by atoms with E-state index in [9.17, 15) is 4.79 Å². The van der Waals surface area contributed by atoms with Gasteiger partial charge in [-0.15, -0.1) is 0 Å². The van der Waals surface area contributed by atoms with Gasteiger partial charge in [-0.25, -0.2) is 0 Å². The number of piperidine rings is 1. The molecule has 2 unspecified atom stereocenters. The summed E-state index contributed by atoms with van der Waals surface area (Å²) in [5.74, 6) is 1.46. The first-order valence-electron chi connectivity index (χ1n) is 9.10. The molecule has 2 saturated heterocycles. The first-order chi connectivity index (χ1) is 11.7. The largest absolute Gasteiger partial charge is 0.496 e. The summed E-state index contributed by atoms with van der Waals surface area (Å²) in [6, 6.07) is 8.15. The van der Waals surface area contributed by atoms with Crippen molar-refractivity contribution in [3.8, 4) is 5.75 Å². The highest BCUT2D eigenvalue weighted by Gasteiger charge is 2.59. The van der Waals surface area contributed by atoms with Gasteiger partial charge in [-0.05, 0) is 43.8 Å². The number of methoxy groups -OCH3 is 1. The molecule has 4 rings (SSSR count). The monoisotopic (exact) mass is 329 g/mol. The molecule has 5 heteroatoms. The average molecular weight is 329 g/mol. The number of piperazine rings is 1. The van der Waals surface area contributed by atoms with Crippen LogP contribution in [-0.4, -0.2) is 50.6 Å². The second-order valence-electron chi connectivity index (χ2n) is 7.36. The fourth-order valence-corrected chi connectivity index (χ4v) is 4.56. The number of nitrogens with zero attached hydrogens (tertiary/aromatic N) is 1. The van der Waals surface area contributed by atoms with E-state index in [0.29, 0.717) is 11.3 Å². The molecule has 5 nitrogen and oxygen atoms in total. The number of para-hydroxylation sites is 1. The molecule has 0 bridgehead atoms. The van der Waals surface area contributed by atoms with Gasteiger partial charge < -0.3 is 20.3 Å². The Labute approximate surface area is 143 Å². The third kappa shape index (κ3) is 2.70. The van der Waals surface area contributed by atoms with Crippen molar-refractivity contribution in [2.24, 2.45) is 11.3 Å². The van der Waals surface area contributed by atoms with E-state index in [-0.39, 0.29) is 12.0 Å². The van der Waals surface area contributed by atoms with E-state index in [1.807, 2.05) is 18.2 Å². The molecule has 3 fully saturated rings. The Morgan fingerprint density at radius 3 is 2.79 bits per heavy atom. The van der Waals surface area contributed by atoms with Crippen LogP contribution in [0.5, 0.6) is 5.75 Å². The average Bonchev–Trinajstić information content (AvgIpc) is 3.34. The summed E-state index contributed by atoms with van der Waals surface area (Å²) in [6.45, 7) is 4.57. The van der Waals surface area contributed by atoms with Gasteiger partial charge in [0.05, 0.1) is 13.2 Å². The highest BCUT2D eigenvalue weighted by atomic mass is 16.5. The van der Waals surface area contributed by atoms with Gasteiger partial charge in [0.25, 0.3) is 0 Å². The van der Waals surface area contributed by atoms with Gasteiger partial charge in [-0.3, -0.25) is 4.79 Å². The molecule has 3 aliphatic rings. The van der Waals surface area contributed by atoms with Gasteiger partial charge in [0.2, 0.25) is 5.91 Å². The molecule has 1 aromatic rings. The number of ether oxygens (including phenoxy) is 1. The quantitative estimate of drug-likeness (QED) is 0.884. The normalized spacial score (nSPS) is 28.6. The number of carbonyl (C=O) groups excluding carboxylic acids is 1. The standard InChI is InChI=1S/C19H27N3O2/c1-24-17-5-3-2-4-14(17)16-13-21-10-11-22(16)18(23)15-12-19(15)6-8-20-9-7-19/h2-5,15-16,20-21H,6-13H2,1H3. The third-order valence-corrected chi connectivity index (χ3v) is 6.11. The van der Waals surface area contributed by atoms with Crippen molar-refractivity contribution in [2.45, 2.75) is 25.3 Å². The molecule has 2 N–H and O–H groups in total. The van der Waals surface area contributed by atoms with Crippen molar-refractivity contribution in [1.82, 2.24) is 15.5 Å². The number of hydrogen-bond acceptors (Lipinski definition) is 4. The predicted molar refractivity (Wildman–Crippen MR) is 93.0 cm³/mol. The summed E-state index contributed by atoms with van der Waals surface area (Å²) in [4.78, 5) is 15.4. The van der Waals surface area contributed by atoms with Gasteiger partial charge in [0.15, 0.2) is 0 Å². The van der Waals surface area contributed by atoms with E-state index < -0.39 is 0 Å². The van der Waals surface area contributed by atoms with Gasteiger partial charge in [-0.2, -0.15) is 0 Å². The van der Waals surface area contributed by atoms with Crippen LogP contribution in [0.25, 0.3) is 0 Å². The Morgan fingerprint density at radius 1 is 1.21 bits per heavy atom. The Kier molecular flexibility index (Phi) is 4.22. The molecule has 1 saturated carbocycles. The van der Waals surface area contributed by atoms with Crippen LogP contribution in [0.15, 0.2) is 24.3 Å². The van der Waals surface area contributed by atoms with Gasteiger partial charge in [0, 0.05) is 31.1 Å². The van der Waals surface area contributed by atoms with Crippen LogP contribution in [0.4, 0.5) is 0 Å². The van der Waals surface area contributed by atoms with E-state index in [0.717, 1.165) is 63.3 Å².